The molecule has 0 aliphatic heterocycles. The van der Waals surface area contributed by atoms with E-state index < -0.39 is 5.67 Å². The molecule has 2 aromatic carbocycles. The lowest BCUT2D eigenvalue weighted by atomic mass is 9.47. The first-order valence-corrected chi connectivity index (χ1v) is 14.0. The normalized spacial score (nSPS) is 20.5. The number of alkyl halides is 1. The Morgan fingerprint density at radius 1 is 1.14 bits per heavy atom. The molecule has 2 aromatic heterocycles. The number of nitrogens with zero attached hydrogens (tertiary/aromatic N) is 5. The van der Waals surface area contributed by atoms with Gasteiger partial charge in [0.05, 0.1) is 35.4 Å². The molecular formula is C32H36FN7O2. The fraction of sp³-hybridized carbons (Fsp3) is 0.344. The predicted molar refractivity (Wildman–Crippen MR) is 166 cm³/mol. The first-order valence-electron chi connectivity index (χ1n) is 14.0. The molecule has 0 saturated heterocycles. The van der Waals surface area contributed by atoms with Crippen LogP contribution in [0, 0.1) is 0 Å². The summed E-state index contributed by atoms with van der Waals surface area (Å²) in [6.07, 6.45) is 6.77. The molecule has 3 fully saturated rings. The lowest BCUT2D eigenvalue weighted by molar-refractivity contribution is -0.196. The molecule has 0 unspecified atom stereocenters. The van der Waals surface area contributed by atoms with Crippen molar-refractivity contribution < 1.29 is 13.9 Å². The van der Waals surface area contributed by atoms with Crippen LogP contribution in [0.4, 0.5) is 27.4 Å². The van der Waals surface area contributed by atoms with E-state index in [2.05, 4.69) is 54.9 Å². The Balaban J connectivity index is 1.34. The Hall–Kier alpha value is -4.44. The molecule has 1 amide bonds. The van der Waals surface area contributed by atoms with Gasteiger partial charge < -0.3 is 29.7 Å². The summed E-state index contributed by atoms with van der Waals surface area (Å²) in [5, 5.41) is 7.28. The third kappa shape index (κ3) is 4.85. The Morgan fingerprint density at radius 2 is 1.90 bits per heavy atom. The van der Waals surface area contributed by atoms with Gasteiger partial charge in [-0.15, -0.1) is 0 Å². The third-order valence-corrected chi connectivity index (χ3v) is 8.39. The molecule has 10 heteroatoms. The second-order valence-corrected chi connectivity index (χ2v) is 11.7. The third-order valence-electron chi connectivity index (χ3n) is 8.39. The largest absolute Gasteiger partial charge is 0.494 e. The number of benzene rings is 2. The number of para-hydroxylation sites is 1. The van der Waals surface area contributed by atoms with Crippen molar-refractivity contribution in [3.05, 3.63) is 67.5 Å². The van der Waals surface area contributed by atoms with E-state index in [-0.39, 0.29) is 11.4 Å². The first kappa shape index (κ1) is 27.7. The molecule has 42 heavy (non-hydrogen) atoms. The summed E-state index contributed by atoms with van der Waals surface area (Å²) < 4.78 is 22.4. The van der Waals surface area contributed by atoms with Crippen LogP contribution in [0.2, 0.25) is 0 Å². The number of amides is 1. The molecule has 0 spiro atoms. The molecule has 7 rings (SSSR count). The Labute approximate surface area is 245 Å². The van der Waals surface area contributed by atoms with Crippen LogP contribution in [0.5, 0.6) is 5.75 Å². The van der Waals surface area contributed by atoms with Gasteiger partial charge in [0.15, 0.2) is 0 Å². The number of anilines is 4. The molecule has 218 valence electrons. The van der Waals surface area contributed by atoms with Gasteiger partial charge >= 0.3 is 0 Å². The average Bonchev–Trinajstić information content (AvgIpc) is 3.33. The molecule has 2 bridgehead atoms. The zero-order chi connectivity index (χ0) is 29.6. The van der Waals surface area contributed by atoms with E-state index in [0.717, 1.165) is 40.9 Å². The van der Waals surface area contributed by atoms with Crippen LogP contribution in [-0.2, 0) is 10.3 Å². The number of hydrogen-bond acceptors (Lipinski definition) is 7. The van der Waals surface area contributed by atoms with Crippen molar-refractivity contribution in [2.24, 2.45) is 0 Å². The van der Waals surface area contributed by atoms with Crippen LogP contribution in [0.3, 0.4) is 0 Å². The van der Waals surface area contributed by atoms with E-state index in [4.69, 9.17) is 9.72 Å². The number of halogens is 1. The summed E-state index contributed by atoms with van der Waals surface area (Å²) in [4.78, 5) is 25.8. The van der Waals surface area contributed by atoms with Gasteiger partial charge in [-0.1, -0.05) is 24.8 Å². The van der Waals surface area contributed by atoms with Gasteiger partial charge in [-0.05, 0) is 38.4 Å². The first-order chi connectivity index (χ1) is 20.1. The fourth-order valence-corrected chi connectivity index (χ4v) is 6.24. The van der Waals surface area contributed by atoms with Gasteiger partial charge in [0.25, 0.3) is 0 Å². The van der Waals surface area contributed by atoms with Crippen LogP contribution in [0.15, 0.2) is 67.5 Å². The van der Waals surface area contributed by atoms with Crippen molar-refractivity contribution in [3.63, 3.8) is 0 Å². The Kier molecular flexibility index (Phi) is 6.89. The van der Waals surface area contributed by atoms with Gasteiger partial charge in [0.2, 0.25) is 11.9 Å². The van der Waals surface area contributed by atoms with Gasteiger partial charge in [-0.2, -0.15) is 0 Å². The van der Waals surface area contributed by atoms with E-state index in [1.54, 1.807) is 13.3 Å². The van der Waals surface area contributed by atoms with Crippen molar-refractivity contribution in [1.82, 2.24) is 19.4 Å². The smallest absolute Gasteiger partial charge is 0.247 e. The number of aromatic nitrogens is 3. The number of hydrogen-bond donors (Lipinski definition) is 2. The molecule has 9 nitrogen and oxygen atoms in total. The summed E-state index contributed by atoms with van der Waals surface area (Å²) in [7, 11) is 7.61. The minimum absolute atomic E-state index is 0.137. The fourth-order valence-electron chi connectivity index (χ4n) is 6.24. The van der Waals surface area contributed by atoms with Crippen LogP contribution in [-0.4, -0.2) is 72.4 Å². The summed E-state index contributed by atoms with van der Waals surface area (Å²) in [6.45, 7) is 5.17. The zero-order valence-electron chi connectivity index (χ0n) is 24.4. The highest BCUT2D eigenvalue weighted by Gasteiger charge is 2.70. The minimum atomic E-state index is -0.989. The quantitative estimate of drug-likeness (QED) is 0.228. The summed E-state index contributed by atoms with van der Waals surface area (Å²) in [5.41, 5.74) is 3.69. The van der Waals surface area contributed by atoms with Crippen LogP contribution in [0.25, 0.3) is 22.2 Å². The number of carbonyl (C=O) groups excluding carboxylic acids is 1. The highest BCUT2D eigenvalue weighted by molar-refractivity contribution is 6.02. The van der Waals surface area contributed by atoms with Gasteiger partial charge in [0, 0.05) is 74.3 Å². The van der Waals surface area contributed by atoms with E-state index in [0.29, 0.717) is 42.3 Å². The average molecular weight is 570 g/mol. The number of rotatable bonds is 11. The SMILES string of the molecule is C=CC(=O)Nc1cc(Nc2nccc(-c3cn(C45CC(F)(C4)C5)c4ccccc34)n2)c(OC)cc1N(C)CCN(C)C. The number of methoxy groups -OCH3 is 1. The molecule has 2 N–H and O–H groups in total. The second kappa shape index (κ2) is 10.4. The molecule has 4 aromatic rings. The van der Waals surface area contributed by atoms with E-state index in [9.17, 15) is 9.18 Å². The molecule has 3 saturated carbocycles. The lowest BCUT2D eigenvalue weighted by Crippen LogP contribution is -2.69. The van der Waals surface area contributed by atoms with Gasteiger partial charge in [-0.3, -0.25) is 4.79 Å². The van der Waals surface area contributed by atoms with Crippen molar-refractivity contribution >= 4 is 39.8 Å². The van der Waals surface area contributed by atoms with Crippen molar-refractivity contribution in [3.8, 4) is 17.0 Å². The molecule has 3 aliphatic carbocycles. The number of carbonyl (C=O) groups is 1. The standard InChI is InChI=1S/C32H36FN7O2/c1-6-29(41)35-24-15-25(28(42-5)16-27(24)39(4)14-13-38(2)3)37-30-34-12-11-23(36-30)22-17-40(26-10-8-7-9-21(22)26)32-18-31(33,19-32)20-32/h6-12,15-17H,1,13-14,18-20H2,2-5H3,(H,35,41)(H,34,36,37). The highest BCUT2D eigenvalue weighted by Crippen LogP contribution is 2.68. The second-order valence-electron chi connectivity index (χ2n) is 11.7. The van der Waals surface area contributed by atoms with Crippen LogP contribution < -0.4 is 20.3 Å². The predicted octanol–water partition coefficient (Wildman–Crippen LogP) is 5.57. The Bertz CT molecular complexity index is 1660. The number of fused-ring (bicyclic) bond motifs is 1. The summed E-state index contributed by atoms with van der Waals surface area (Å²) in [6, 6.07) is 13.8. The van der Waals surface area contributed by atoms with Gasteiger partial charge in [-0.25, -0.2) is 14.4 Å². The molecule has 0 atom stereocenters. The number of likely N-dealkylation sites (N-methyl/N-ethyl adjacent to an activating group) is 2. The van der Waals surface area contributed by atoms with E-state index in [1.165, 1.54) is 6.08 Å². The molecule has 0 radical (unpaired) electrons. The Morgan fingerprint density at radius 3 is 2.60 bits per heavy atom. The highest BCUT2D eigenvalue weighted by atomic mass is 19.1. The molecular weight excluding hydrogens is 533 g/mol. The summed E-state index contributed by atoms with van der Waals surface area (Å²) >= 11 is 0. The van der Waals surface area contributed by atoms with Crippen molar-refractivity contribution in [2.45, 2.75) is 30.5 Å². The maximum absolute atomic E-state index is 14.4. The maximum atomic E-state index is 14.4. The van der Waals surface area contributed by atoms with Crippen LogP contribution in [0.1, 0.15) is 19.3 Å². The van der Waals surface area contributed by atoms with Crippen molar-refractivity contribution in [1.29, 1.82) is 0 Å². The van der Waals surface area contributed by atoms with Crippen molar-refractivity contribution in [2.75, 3.05) is 56.9 Å². The topological polar surface area (TPSA) is 87.5 Å². The van der Waals surface area contributed by atoms with E-state index in [1.807, 2.05) is 51.5 Å². The van der Waals surface area contributed by atoms with Crippen LogP contribution >= 0.6 is 0 Å². The summed E-state index contributed by atoms with van der Waals surface area (Å²) in [5.74, 6) is 0.642. The molecule has 3 aliphatic rings. The van der Waals surface area contributed by atoms with Gasteiger partial charge in [0.1, 0.15) is 11.4 Å². The number of nitrogens with one attached hydrogen (secondary N) is 2. The maximum Gasteiger partial charge on any atom is 0.247 e. The monoisotopic (exact) mass is 569 g/mol. The lowest BCUT2D eigenvalue weighted by Gasteiger charge is -2.66. The van der Waals surface area contributed by atoms with E-state index >= 15 is 0 Å². The zero-order valence-corrected chi connectivity index (χ0v) is 24.4. The molecule has 2 heterocycles. The minimum Gasteiger partial charge on any atom is -0.494 e. The number of ether oxygens (including phenoxy) is 1.